The van der Waals surface area contributed by atoms with Crippen LogP contribution >= 0.6 is 0 Å². The van der Waals surface area contributed by atoms with Crippen molar-refractivity contribution in [2.24, 2.45) is 11.8 Å². The van der Waals surface area contributed by atoms with Gasteiger partial charge in [-0.25, -0.2) is 0 Å². The number of benzene rings is 4. The number of hydrogen-bond acceptors (Lipinski definition) is 8. The van der Waals surface area contributed by atoms with Crippen LogP contribution in [0, 0.1) is 11.8 Å². The summed E-state index contributed by atoms with van der Waals surface area (Å²) in [6.45, 7) is 3.12. The number of hydrogen-bond donors (Lipinski definition) is 2. The molecular weight excluding hydrogens is 632 g/mol. The number of nitrogens with one attached hydrogen (secondary N) is 1. The third-order valence-corrected chi connectivity index (χ3v) is 9.71. The molecule has 1 heterocycles. The zero-order chi connectivity index (χ0) is 34.9. The van der Waals surface area contributed by atoms with Crippen molar-refractivity contribution in [1.82, 2.24) is 10.2 Å². The molecule has 50 heavy (non-hydrogen) atoms. The zero-order valence-corrected chi connectivity index (χ0v) is 27.9. The van der Waals surface area contributed by atoms with Crippen LogP contribution < -0.4 is 10.1 Å². The number of phenols is 1. The molecule has 0 spiro atoms. The Morgan fingerprint density at radius 1 is 0.860 bits per heavy atom. The smallest absolute Gasteiger partial charge is 0.317 e. The number of carbonyl (C=O) groups excluding carboxylic acids is 4. The highest BCUT2D eigenvalue weighted by molar-refractivity contribution is 5.96. The lowest BCUT2D eigenvalue weighted by molar-refractivity contribution is -0.146. The van der Waals surface area contributed by atoms with Gasteiger partial charge in [0.25, 0.3) is 5.91 Å². The van der Waals surface area contributed by atoms with Crippen LogP contribution in [0.5, 0.6) is 11.5 Å². The first-order chi connectivity index (χ1) is 24.4. The summed E-state index contributed by atoms with van der Waals surface area (Å²) < 4.78 is 11.9. The summed E-state index contributed by atoms with van der Waals surface area (Å²) in [5.41, 5.74) is 3.20. The largest absolute Gasteiger partial charge is 0.507 e. The lowest BCUT2D eigenvalue weighted by atomic mass is 9.77. The Hall–Kier alpha value is -5.28. The van der Waals surface area contributed by atoms with Crippen LogP contribution in [0.1, 0.15) is 69.0 Å². The van der Waals surface area contributed by atoms with E-state index in [4.69, 9.17) is 9.47 Å². The maximum absolute atomic E-state index is 13.7. The highest BCUT2D eigenvalue weighted by Gasteiger charge is 2.35. The molecule has 0 bridgehead atoms. The second-order valence-corrected chi connectivity index (χ2v) is 13.2. The number of esters is 1. The van der Waals surface area contributed by atoms with Gasteiger partial charge in [-0.05, 0) is 91.7 Å². The topological polar surface area (TPSA) is 122 Å². The Balaban J connectivity index is 0.994. The Labute approximate surface area is 292 Å². The third kappa shape index (κ3) is 8.84. The number of rotatable bonds is 14. The summed E-state index contributed by atoms with van der Waals surface area (Å²) in [5, 5.41) is 12.7. The molecule has 9 nitrogen and oxygen atoms in total. The monoisotopic (exact) mass is 674 g/mol. The van der Waals surface area contributed by atoms with Crippen LogP contribution in [-0.2, 0) is 20.9 Å². The van der Waals surface area contributed by atoms with Gasteiger partial charge in [0.1, 0.15) is 24.0 Å². The van der Waals surface area contributed by atoms with Crippen molar-refractivity contribution < 1.29 is 33.8 Å². The molecule has 2 N–H and O–H groups in total. The highest BCUT2D eigenvalue weighted by Crippen LogP contribution is 2.32. The highest BCUT2D eigenvalue weighted by atomic mass is 16.5. The minimum Gasteiger partial charge on any atom is -0.507 e. The lowest BCUT2D eigenvalue weighted by Crippen LogP contribution is -2.47. The molecule has 6 rings (SSSR count). The number of nitrogens with zero attached hydrogens (tertiary/aromatic N) is 1. The molecule has 4 aromatic rings. The van der Waals surface area contributed by atoms with Gasteiger partial charge in [0, 0.05) is 24.1 Å². The molecule has 1 aliphatic heterocycles. The molecular formula is C41H42N2O7. The molecule has 1 amide bonds. The summed E-state index contributed by atoms with van der Waals surface area (Å²) in [5.74, 6) is -1.10. The maximum Gasteiger partial charge on any atom is 0.317 e. The standard InChI is InChI=1S/C41H42N2O7/c44-25-33-15-14-32(23-37(33)45)40(47)42-35-20-34(21-35)38(46)27-49-36-13-7-12-31(22-36)39(30-10-5-2-6-11-30)41(48)50-26-29-16-18-43(19-17-29)24-28-8-3-1-4-9-28/h1-15,22-23,25,29,34-35,39,45H,16-21,24,26-27H2,(H,42,47). The number of likely N-dealkylation sites (tertiary alicyclic amines) is 1. The van der Waals surface area contributed by atoms with Gasteiger partial charge in [-0.15, -0.1) is 0 Å². The van der Waals surface area contributed by atoms with E-state index in [1.165, 1.54) is 23.8 Å². The van der Waals surface area contributed by atoms with Crippen molar-refractivity contribution in [2.45, 2.75) is 44.2 Å². The van der Waals surface area contributed by atoms with E-state index in [-0.39, 0.29) is 53.1 Å². The van der Waals surface area contributed by atoms with Crippen molar-refractivity contribution >= 4 is 23.9 Å². The molecule has 1 atom stereocenters. The molecule has 2 aliphatic rings. The second-order valence-electron chi connectivity index (χ2n) is 13.2. The Bertz CT molecular complexity index is 1780. The fourth-order valence-electron chi connectivity index (χ4n) is 6.65. The molecule has 2 fully saturated rings. The van der Waals surface area contributed by atoms with Gasteiger partial charge in [-0.2, -0.15) is 0 Å². The number of carbonyl (C=O) groups is 4. The fourth-order valence-corrected chi connectivity index (χ4v) is 6.65. The second kappa shape index (κ2) is 16.4. The van der Waals surface area contributed by atoms with Crippen molar-refractivity contribution in [1.29, 1.82) is 0 Å². The predicted octanol–water partition coefficient (Wildman–Crippen LogP) is 5.95. The van der Waals surface area contributed by atoms with Crippen LogP contribution in [-0.4, -0.2) is 66.3 Å². The quantitative estimate of drug-likeness (QED) is 0.124. The lowest BCUT2D eigenvalue weighted by Gasteiger charge is -2.34. The van der Waals surface area contributed by atoms with E-state index >= 15 is 0 Å². The molecule has 1 saturated carbocycles. The first-order valence-corrected chi connectivity index (χ1v) is 17.2. The minimum atomic E-state index is -0.638. The summed E-state index contributed by atoms with van der Waals surface area (Å²) in [6.07, 6.45) is 3.44. The van der Waals surface area contributed by atoms with E-state index in [1.54, 1.807) is 12.1 Å². The number of amides is 1. The minimum absolute atomic E-state index is 0.0669. The Morgan fingerprint density at radius 3 is 2.26 bits per heavy atom. The van der Waals surface area contributed by atoms with Crippen molar-refractivity contribution in [3.63, 3.8) is 0 Å². The van der Waals surface area contributed by atoms with E-state index in [2.05, 4.69) is 34.5 Å². The molecule has 9 heteroatoms. The van der Waals surface area contributed by atoms with E-state index in [0.29, 0.717) is 37.4 Å². The summed E-state index contributed by atoms with van der Waals surface area (Å²) >= 11 is 0. The first kappa shape index (κ1) is 34.6. The molecule has 1 aliphatic carbocycles. The van der Waals surface area contributed by atoms with E-state index in [1.807, 2.05) is 48.5 Å². The number of ketones is 1. The maximum atomic E-state index is 13.7. The first-order valence-electron chi connectivity index (χ1n) is 17.2. The van der Waals surface area contributed by atoms with Crippen LogP contribution in [0.3, 0.4) is 0 Å². The molecule has 1 saturated heterocycles. The molecule has 0 radical (unpaired) electrons. The third-order valence-electron chi connectivity index (χ3n) is 9.71. The number of aromatic hydroxyl groups is 1. The van der Waals surface area contributed by atoms with Gasteiger partial charge < -0.3 is 19.9 Å². The van der Waals surface area contributed by atoms with Gasteiger partial charge in [-0.1, -0.05) is 72.8 Å². The van der Waals surface area contributed by atoms with Crippen molar-refractivity contribution in [3.8, 4) is 11.5 Å². The average Bonchev–Trinajstić information content (AvgIpc) is 3.12. The van der Waals surface area contributed by atoms with E-state index < -0.39 is 5.92 Å². The van der Waals surface area contributed by atoms with Crippen molar-refractivity contribution in [3.05, 3.63) is 131 Å². The van der Waals surface area contributed by atoms with Crippen LogP contribution in [0.2, 0.25) is 0 Å². The molecule has 0 aromatic heterocycles. The Kier molecular flexibility index (Phi) is 11.4. The Morgan fingerprint density at radius 2 is 1.56 bits per heavy atom. The SMILES string of the molecule is O=Cc1ccc(C(=O)NC2CC(C(=O)COc3cccc(C(C(=O)OCC4CCN(Cc5ccccc5)CC4)c4ccccc4)c3)C2)cc1O. The number of aldehydes is 1. The average molecular weight is 675 g/mol. The van der Waals surface area contributed by atoms with Crippen LogP contribution in [0.15, 0.2) is 103 Å². The van der Waals surface area contributed by atoms with Crippen molar-refractivity contribution in [2.75, 3.05) is 26.3 Å². The van der Waals surface area contributed by atoms with Gasteiger partial charge in [0.05, 0.1) is 12.2 Å². The number of ether oxygens (including phenoxy) is 2. The zero-order valence-electron chi connectivity index (χ0n) is 27.9. The fraction of sp³-hybridized carbons (Fsp3) is 0.317. The predicted molar refractivity (Wildman–Crippen MR) is 188 cm³/mol. The van der Waals surface area contributed by atoms with E-state index in [0.717, 1.165) is 43.6 Å². The van der Waals surface area contributed by atoms with Gasteiger partial charge in [0.2, 0.25) is 0 Å². The van der Waals surface area contributed by atoms with Crippen LogP contribution in [0.4, 0.5) is 0 Å². The van der Waals surface area contributed by atoms with E-state index in [9.17, 15) is 24.3 Å². The number of phenolic OH excluding ortho intramolecular Hbond substituents is 1. The molecule has 4 aromatic carbocycles. The normalized spacial score (nSPS) is 18.3. The van der Waals surface area contributed by atoms with Gasteiger partial charge in [0.15, 0.2) is 12.1 Å². The van der Waals surface area contributed by atoms with Crippen LogP contribution in [0.25, 0.3) is 0 Å². The van der Waals surface area contributed by atoms with Gasteiger partial charge >= 0.3 is 5.97 Å². The summed E-state index contributed by atoms with van der Waals surface area (Å²) in [4.78, 5) is 52.5. The number of Topliss-reactive ketones (excluding diaryl/α,β-unsaturated/α-hetero) is 1. The summed E-state index contributed by atoms with van der Waals surface area (Å²) in [7, 11) is 0. The number of piperidine rings is 1. The van der Waals surface area contributed by atoms with Gasteiger partial charge in [-0.3, -0.25) is 24.1 Å². The molecule has 1 unspecified atom stereocenters. The summed E-state index contributed by atoms with van der Waals surface area (Å²) in [6, 6.07) is 31.2. The molecule has 258 valence electrons.